The molecule has 0 saturated heterocycles. The van der Waals surface area contributed by atoms with Crippen LogP contribution in [0, 0.1) is 20.2 Å². The van der Waals surface area contributed by atoms with Gasteiger partial charge in [-0.05, 0) is 38.2 Å². The first-order chi connectivity index (χ1) is 13.3. The second-order valence-electron chi connectivity index (χ2n) is 5.63. The van der Waals surface area contributed by atoms with Gasteiger partial charge in [0.2, 0.25) is 5.75 Å². The number of carbonyl (C=O) groups is 1. The van der Waals surface area contributed by atoms with Crippen LogP contribution >= 0.6 is 11.6 Å². The number of hydrogen-bond donors (Lipinski definition) is 0. The quantitative estimate of drug-likeness (QED) is 0.119. The average molecular weight is 425 g/mol. The number of ether oxygens (including phenoxy) is 2. The fraction of sp³-hybridized carbons (Fsp3) is 0.562. The predicted octanol–water partition coefficient (Wildman–Crippen LogP) is 4.67. The van der Waals surface area contributed by atoms with Gasteiger partial charge in [0.1, 0.15) is 11.7 Å². The van der Waals surface area contributed by atoms with Gasteiger partial charge in [-0.2, -0.15) is 0 Å². The number of nitrogens with zero attached hydrogens (tertiary/aromatic N) is 2. The third kappa shape index (κ3) is 7.22. The van der Waals surface area contributed by atoms with Crippen molar-refractivity contribution in [3.8, 4) is 5.75 Å². The molecule has 0 heterocycles. The fourth-order valence-electron chi connectivity index (χ4n) is 2.42. The Labute approximate surface area is 163 Å². The SMILES string of the molecule is O=C(OCCCC(F)CCCF)Oc1ccc([N+](=O)[O-])c(CCCl)c1[N+](=O)[O-]. The van der Waals surface area contributed by atoms with Crippen LogP contribution in [-0.2, 0) is 11.2 Å². The molecule has 1 aromatic rings. The molecule has 0 bridgehead atoms. The maximum atomic E-state index is 13.3. The summed E-state index contributed by atoms with van der Waals surface area (Å²) >= 11 is 5.56. The summed E-state index contributed by atoms with van der Waals surface area (Å²) < 4.78 is 34.8. The lowest BCUT2D eigenvalue weighted by molar-refractivity contribution is -0.396. The lowest BCUT2D eigenvalue weighted by atomic mass is 10.1. The average Bonchev–Trinajstić information content (AvgIpc) is 2.63. The second-order valence-corrected chi connectivity index (χ2v) is 6.01. The van der Waals surface area contributed by atoms with Gasteiger partial charge in [-0.1, -0.05) is 0 Å². The van der Waals surface area contributed by atoms with E-state index < -0.39 is 46.0 Å². The summed E-state index contributed by atoms with van der Waals surface area (Å²) in [5, 5.41) is 22.4. The van der Waals surface area contributed by atoms with Crippen molar-refractivity contribution in [2.45, 2.75) is 38.3 Å². The highest BCUT2D eigenvalue weighted by Crippen LogP contribution is 2.37. The third-order valence-electron chi connectivity index (χ3n) is 3.67. The number of nitro groups is 2. The van der Waals surface area contributed by atoms with E-state index in [9.17, 15) is 33.8 Å². The zero-order chi connectivity index (χ0) is 21.1. The van der Waals surface area contributed by atoms with Gasteiger partial charge in [0.25, 0.3) is 5.69 Å². The molecule has 0 amide bonds. The molecule has 0 saturated carbocycles. The van der Waals surface area contributed by atoms with E-state index in [0.29, 0.717) is 0 Å². The number of nitro benzene ring substituents is 2. The highest BCUT2D eigenvalue weighted by atomic mass is 35.5. The van der Waals surface area contributed by atoms with Gasteiger partial charge in [-0.25, -0.2) is 9.18 Å². The molecule has 12 heteroatoms. The molecule has 0 N–H and O–H groups in total. The lowest BCUT2D eigenvalue weighted by Crippen LogP contribution is -2.14. The minimum absolute atomic E-state index is 0.0603. The highest BCUT2D eigenvalue weighted by Gasteiger charge is 2.30. The first-order valence-corrected chi connectivity index (χ1v) is 8.90. The van der Waals surface area contributed by atoms with E-state index in [0.717, 1.165) is 12.1 Å². The van der Waals surface area contributed by atoms with E-state index >= 15 is 0 Å². The van der Waals surface area contributed by atoms with Crippen LogP contribution in [-0.4, -0.2) is 41.3 Å². The molecule has 0 aliphatic rings. The molecule has 0 spiro atoms. The van der Waals surface area contributed by atoms with Gasteiger partial charge in [-0.3, -0.25) is 24.6 Å². The summed E-state index contributed by atoms with van der Waals surface area (Å²) in [7, 11) is 0. The maximum Gasteiger partial charge on any atom is 0.514 e. The summed E-state index contributed by atoms with van der Waals surface area (Å²) in [5.74, 6) is -0.644. The van der Waals surface area contributed by atoms with Crippen LogP contribution in [0.1, 0.15) is 31.2 Å². The number of halogens is 3. The molecule has 1 unspecified atom stereocenters. The Morgan fingerprint density at radius 3 is 2.43 bits per heavy atom. The summed E-state index contributed by atoms with van der Waals surface area (Å²) in [6, 6.07) is 1.89. The van der Waals surface area contributed by atoms with Crippen molar-refractivity contribution >= 4 is 29.1 Å². The molecular formula is C16H19ClF2N2O7. The summed E-state index contributed by atoms with van der Waals surface area (Å²) in [6.07, 6.45) is -2.28. The predicted molar refractivity (Wildman–Crippen MR) is 95.5 cm³/mol. The van der Waals surface area contributed by atoms with Crippen LogP contribution in [0.25, 0.3) is 0 Å². The minimum atomic E-state index is -1.27. The first-order valence-electron chi connectivity index (χ1n) is 8.37. The largest absolute Gasteiger partial charge is 0.514 e. The van der Waals surface area contributed by atoms with Crippen LogP contribution in [0.5, 0.6) is 5.75 Å². The van der Waals surface area contributed by atoms with Crippen molar-refractivity contribution in [2.24, 2.45) is 0 Å². The normalized spacial score (nSPS) is 11.7. The number of alkyl halides is 3. The van der Waals surface area contributed by atoms with Crippen LogP contribution < -0.4 is 4.74 Å². The Hall–Kier alpha value is -2.56. The molecule has 0 aliphatic carbocycles. The number of hydrogen-bond acceptors (Lipinski definition) is 7. The molecule has 1 atom stereocenters. The van der Waals surface area contributed by atoms with Gasteiger partial charge in [0.05, 0.1) is 23.1 Å². The molecule has 0 fully saturated rings. The van der Waals surface area contributed by atoms with E-state index in [-0.39, 0.29) is 50.2 Å². The fourth-order valence-corrected chi connectivity index (χ4v) is 2.61. The molecule has 1 aromatic carbocycles. The van der Waals surface area contributed by atoms with Crippen molar-refractivity contribution < 1.29 is 32.9 Å². The van der Waals surface area contributed by atoms with Gasteiger partial charge in [0.15, 0.2) is 0 Å². The van der Waals surface area contributed by atoms with Crippen molar-refractivity contribution in [3.05, 3.63) is 37.9 Å². The van der Waals surface area contributed by atoms with Crippen molar-refractivity contribution in [2.75, 3.05) is 19.2 Å². The topological polar surface area (TPSA) is 122 Å². The standard InChI is InChI=1S/C16H19ClF2N2O7/c17-8-7-12-13(20(23)24)5-6-14(15(12)21(25)26)28-16(22)27-10-2-4-11(19)3-1-9-18/h5-6,11H,1-4,7-10H2. The Kier molecular flexibility index (Phi) is 10.1. The zero-order valence-electron chi connectivity index (χ0n) is 14.8. The van der Waals surface area contributed by atoms with Crippen LogP contribution in [0.2, 0.25) is 0 Å². The summed E-state index contributed by atoms with van der Waals surface area (Å²) in [4.78, 5) is 32.4. The van der Waals surface area contributed by atoms with Crippen molar-refractivity contribution in [3.63, 3.8) is 0 Å². The van der Waals surface area contributed by atoms with Crippen molar-refractivity contribution in [1.29, 1.82) is 0 Å². The molecule has 0 aromatic heterocycles. The molecule has 0 aliphatic heterocycles. The molecule has 0 radical (unpaired) electrons. The smallest absolute Gasteiger partial charge is 0.434 e. The zero-order valence-corrected chi connectivity index (χ0v) is 15.5. The highest BCUT2D eigenvalue weighted by molar-refractivity contribution is 6.18. The van der Waals surface area contributed by atoms with Gasteiger partial charge in [-0.15, -0.1) is 11.6 Å². The number of benzene rings is 1. The van der Waals surface area contributed by atoms with Crippen molar-refractivity contribution in [1.82, 2.24) is 0 Å². The van der Waals surface area contributed by atoms with Crippen LogP contribution in [0.15, 0.2) is 12.1 Å². The third-order valence-corrected chi connectivity index (χ3v) is 3.86. The van der Waals surface area contributed by atoms with Crippen LogP contribution in [0.4, 0.5) is 25.0 Å². The summed E-state index contributed by atoms with van der Waals surface area (Å²) in [6.45, 7) is -0.812. The van der Waals surface area contributed by atoms with E-state index in [1.807, 2.05) is 0 Å². The molecule has 9 nitrogen and oxygen atoms in total. The molecule has 156 valence electrons. The lowest BCUT2D eigenvalue weighted by Gasteiger charge is -2.10. The second kappa shape index (κ2) is 12.0. The summed E-state index contributed by atoms with van der Waals surface area (Å²) in [5.41, 5.74) is -1.54. The maximum absolute atomic E-state index is 13.3. The Balaban J connectivity index is 2.77. The van der Waals surface area contributed by atoms with E-state index in [1.54, 1.807) is 0 Å². The Morgan fingerprint density at radius 1 is 1.18 bits per heavy atom. The molecule has 1 rings (SSSR count). The monoisotopic (exact) mass is 424 g/mol. The molecule has 28 heavy (non-hydrogen) atoms. The Morgan fingerprint density at radius 2 is 1.86 bits per heavy atom. The minimum Gasteiger partial charge on any atom is -0.434 e. The van der Waals surface area contributed by atoms with Crippen LogP contribution in [0.3, 0.4) is 0 Å². The first kappa shape index (κ1) is 23.5. The number of carbonyl (C=O) groups excluding carboxylic acids is 1. The van der Waals surface area contributed by atoms with E-state index in [1.165, 1.54) is 0 Å². The van der Waals surface area contributed by atoms with Gasteiger partial charge >= 0.3 is 11.8 Å². The number of rotatable bonds is 12. The van der Waals surface area contributed by atoms with Gasteiger partial charge in [0, 0.05) is 11.9 Å². The van der Waals surface area contributed by atoms with E-state index in [2.05, 4.69) is 0 Å². The van der Waals surface area contributed by atoms with Gasteiger partial charge < -0.3 is 9.47 Å². The molecular weight excluding hydrogens is 406 g/mol. The Bertz CT molecular complexity index is 706. The van der Waals surface area contributed by atoms with E-state index in [4.69, 9.17) is 21.1 Å².